The molecule has 0 bridgehead atoms. The van der Waals surface area contributed by atoms with Crippen molar-refractivity contribution < 1.29 is 9.53 Å². The van der Waals surface area contributed by atoms with E-state index in [1.807, 2.05) is 17.0 Å². The van der Waals surface area contributed by atoms with Gasteiger partial charge in [-0.3, -0.25) is 4.79 Å². The fraction of sp³-hybridized carbons (Fsp3) is 0.632. The van der Waals surface area contributed by atoms with Crippen molar-refractivity contribution in [2.75, 3.05) is 19.6 Å². The lowest BCUT2D eigenvalue weighted by Gasteiger charge is -2.39. The van der Waals surface area contributed by atoms with E-state index in [1.54, 1.807) is 0 Å². The highest BCUT2D eigenvalue weighted by Gasteiger charge is 2.38. The first-order valence-electron chi connectivity index (χ1n) is 8.77. The first-order valence-corrected chi connectivity index (χ1v) is 8.77. The van der Waals surface area contributed by atoms with Crippen LogP contribution in [0, 0.1) is 12.3 Å². The summed E-state index contributed by atoms with van der Waals surface area (Å²) in [5.74, 6) is 1.14. The van der Waals surface area contributed by atoms with Crippen molar-refractivity contribution in [3.8, 4) is 5.75 Å². The van der Waals surface area contributed by atoms with Gasteiger partial charge in [0.15, 0.2) is 0 Å². The van der Waals surface area contributed by atoms with Crippen LogP contribution in [-0.2, 0) is 4.79 Å². The van der Waals surface area contributed by atoms with Gasteiger partial charge in [0.25, 0.3) is 0 Å². The number of amides is 1. The van der Waals surface area contributed by atoms with Gasteiger partial charge in [-0.05, 0) is 31.9 Å². The van der Waals surface area contributed by atoms with Gasteiger partial charge >= 0.3 is 0 Å². The van der Waals surface area contributed by atoms with E-state index in [0.29, 0.717) is 6.54 Å². The largest absolute Gasteiger partial charge is 0.490 e. The standard InChI is InChI=1S/C19H30N2O2/c1-4-19(5-2,14-20)18(22)21-12-10-17(11-13-21)23-16-8-6-15(3)7-9-16/h6-9,17H,4-5,10-14,20H2,1-3H3. The number of nitrogens with two attached hydrogens (primary N) is 1. The molecule has 1 aliphatic rings. The Kier molecular flexibility index (Phi) is 6.05. The third kappa shape index (κ3) is 4.05. The van der Waals surface area contributed by atoms with Gasteiger partial charge < -0.3 is 15.4 Å². The number of likely N-dealkylation sites (tertiary alicyclic amines) is 1. The van der Waals surface area contributed by atoms with E-state index in [1.165, 1.54) is 5.56 Å². The highest BCUT2D eigenvalue weighted by Crippen LogP contribution is 2.29. The summed E-state index contributed by atoms with van der Waals surface area (Å²) in [5, 5.41) is 0. The Bertz CT molecular complexity index is 492. The Hall–Kier alpha value is -1.55. The number of hydrogen-bond acceptors (Lipinski definition) is 3. The van der Waals surface area contributed by atoms with E-state index >= 15 is 0 Å². The molecule has 0 spiro atoms. The number of carbonyl (C=O) groups is 1. The Morgan fingerprint density at radius 3 is 2.26 bits per heavy atom. The van der Waals surface area contributed by atoms with Crippen molar-refractivity contribution in [3.05, 3.63) is 29.8 Å². The Morgan fingerprint density at radius 2 is 1.78 bits per heavy atom. The normalized spacial score (nSPS) is 16.4. The monoisotopic (exact) mass is 318 g/mol. The zero-order valence-electron chi connectivity index (χ0n) is 14.7. The molecule has 1 fully saturated rings. The molecule has 4 nitrogen and oxygen atoms in total. The summed E-state index contributed by atoms with van der Waals surface area (Å²) in [6.07, 6.45) is 3.57. The van der Waals surface area contributed by atoms with Gasteiger partial charge in [-0.25, -0.2) is 0 Å². The fourth-order valence-electron chi connectivity index (χ4n) is 3.25. The highest BCUT2D eigenvalue weighted by molar-refractivity contribution is 5.83. The van der Waals surface area contributed by atoms with E-state index in [4.69, 9.17) is 10.5 Å². The van der Waals surface area contributed by atoms with Gasteiger partial charge in [0.1, 0.15) is 11.9 Å². The minimum Gasteiger partial charge on any atom is -0.490 e. The van der Waals surface area contributed by atoms with Crippen LogP contribution < -0.4 is 10.5 Å². The first-order chi connectivity index (χ1) is 11.0. The summed E-state index contributed by atoms with van der Waals surface area (Å²) >= 11 is 0. The highest BCUT2D eigenvalue weighted by atomic mass is 16.5. The van der Waals surface area contributed by atoms with Crippen LogP contribution in [0.5, 0.6) is 5.75 Å². The molecule has 0 atom stereocenters. The Labute approximate surface area is 140 Å². The minimum absolute atomic E-state index is 0.192. The molecule has 1 heterocycles. The number of ether oxygens (including phenoxy) is 1. The molecule has 0 aliphatic carbocycles. The number of piperidine rings is 1. The Balaban J connectivity index is 1.90. The zero-order valence-corrected chi connectivity index (χ0v) is 14.7. The van der Waals surface area contributed by atoms with Crippen molar-refractivity contribution in [2.24, 2.45) is 11.1 Å². The van der Waals surface area contributed by atoms with Gasteiger partial charge in [-0.15, -0.1) is 0 Å². The SMILES string of the molecule is CCC(CC)(CN)C(=O)N1CCC(Oc2ccc(C)cc2)CC1. The van der Waals surface area contributed by atoms with Crippen molar-refractivity contribution in [1.29, 1.82) is 0 Å². The number of nitrogens with zero attached hydrogens (tertiary/aromatic N) is 1. The second kappa shape index (κ2) is 7.82. The molecule has 1 aromatic rings. The molecule has 2 N–H and O–H groups in total. The van der Waals surface area contributed by atoms with Gasteiger partial charge in [0.05, 0.1) is 5.41 Å². The first kappa shape index (κ1) is 17.8. The average Bonchev–Trinajstić information content (AvgIpc) is 2.59. The van der Waals surface area contributed by atoms with Crippen LogP contribution in [0.3, 0.4) is 0 Å². The van der Waals surface area contributed by atoms with E-state index < -0.39 is 0 Å². The molecule has 1 aromatic carbocycles. The van der Waals surface area contributed by atoms with E-state index in [2.05, 4.69) is 32.9 Å². The van der Waals surface area contributed by atoms with Crippen LogP contribution in [0.25, 0.3) is 0 Å². The van der Waals surface area contributed by atoms with Crippen molar-refractivity contribution >= 4 is 5.91 Å². The molecule has 1 aliphatic heterocycles. The summed E-state index contributed by atoms with van der Waals surface area (Å²) in [6, 6.07) is 8.15. The van der Waals surface area contributed by atoms with Crippen LogP contribution in [-0.4, -0.2) is 36.5 Å². The maximum Gasteiger partial charge on any atom is 0.230 e. The van der Waals surface area contributed by atoms with Gasteiger partial charge in [-0.1, -0.05) is 31.5 Å². The lowest BCUT2D eigenvalue weighted by Crippen LogP contribution is -2.51. The molecule has 0 aromatic heterocycles. The van der Waals surface area contributed by atoms with E-state index in [0.717, 1.165) is 44.5 Å². The molecule has 0 unspecified atom stereocenters. The molecule has 128 valence electrons. The van der Waals surface area contributed by atoms with Gasteiger partial charge in [-0.2, -0.15) is 0 Å². The molecule has 2 rings (SSSR count). The summed E-state index contributed by atoms with van der Waals surface area (Å²) < 4.78 is 6.04. The van der Waals surface area contributed by atoms with Crippen molar-refractivity contribution in [3.63, 3.8) is 0 Å². The van der Waals surface area contributed by atoms with Gasteiger partial charge in [0.2, 0.25) is 5.91 Å². The maximum atomic E-state index is 12.8. The lowest BCUT2D eigenvalue weighted by atomic mass is 9.80. The molecule has 1 saturated heterocycles. The number of hydrogen-bond donors (Lipinski definition) is 1. The van der Waals surface area contributed by atoms with Crippen LogP contribution in [0.1, 0.15) is 45.1 Å². The molecular formula is C19H30N2O2. The summed E-state index contributed by atoms with van der Waals surface area (Å²) in [5.41, 5.74) is 6.75. The third-order valence-electron chi connectivity index (χ3n) is 5.25. The summed E-state index contributed by atoms with van der Waals surface area (Å²) in [6.45, 7) is 8.13. The summed E-state index contributed by atoms with van der Waals surface area (Å²) in [4.78, 5) is 14.8. The predicted octanol–water partition coefficient (Wildman–Crippen LogP) is 3.13. The zero-order chi connectivity index (χ0) is 16.9. The van der Waals surface area contributed by atoms with Crippen LogP contribution in [0.2, 0.25) is 0 Å². The second-order valence-corrected chi connectivity index (χ2v) is 6.61. The van der Waals surface area contributed by atoms with Crippen molar-refractivity contribution in [2.45, 2.75) is 52.6 Å². The maximum absolute atomic E-state index is 12.8. The average molecular weight is 318 g/mol. The quantitative estimate of drug-likeness (QED) is 0.876. The molecule has 0 saturated carbocycles. The van der Waals surface area contributed by atoms with Crippen LogP contribution >= 0.6 is 0 Å². The van der Waals surface area contributed by atoms with E-state index in [9.17, 15) is 4.79 Å². The van der Waals surface area contributed by atoms with Crippen LogP contribution in [0.4, 0.5) is 0 Å². The molecule has 1 amide bonds. The molecule has 0 radical (unpaired) electrons. The lowest BCUT2D eigenvalue weighted by molar-refractivity contribution is -0.144. The molecule has 4 heteroatoms. The number of rotatable bonds is 6. The number of carbonyl (C=O) groups excluding carboxylic acids is 1. The fourth-order valence-corrected chi connectivity index (χ4v) is 3.25. The molecular weight excluding hydrogens is 288 g/mol. The Morgan fingerprint density at radius 1 is 1.22 bits per heavy atom. The summed E-state index contributed by atoms with van der Waals surface area (Å²) in [7, 11) is 0. The van der Waals surface area contributed by atoms with Crippen LogP contribution in [0.15, 0.2) is 24.3 Å². The van der Waals surface area contributed by atoms with Crippen molar-refractivity contribution in [1.82, 2.24) is 4.90 Å². The number of aryl methyl sites for hydroxylation is 1. The predicted molar refractivity (Wildman–Crippen MR) is 93.5 cm³/mol. The minimum atomic E-state index is -0.384. The topological polar surface area (TPSA) is 55.6 Å². The molecule has 23 heavy (non-hydrogen) atoms. The smallest absolute Gasteiger partial charge is 0.230 e. The van der Waals surface area contributed by atoms with E-state index in [-0.39, 0.29) is 17.4 Å². The second-order valence-electron chi connectivity index (χ2n) is 6.61. The third-order valence-corrected chi connectivity index (χ3v) is 5.25. The van der Waals surface area contributed by atoms with Gasteiger partial charge in [0, 0.05) is 32.5 Å². The number of benzene rings is 1.